The number of carbonyl (C=O) groups excluding carboxylic acids is 1. The number of anilines is 1. The van der Waals surface area contributed by atoms with Crippen LogP contribution in [-0.2, 0) is 4.79 Å². The van der Waals surface area contributed by atoms with E-state index in [1.165, 1.54) is 11.8 Å². The minimum atomic E-state index is -0.0865. The zero-order valence-corrected chi connectivity index (χ0v) is 11.7. The lowest BCUT2D eigenvalue weighted by molar-refractivity contribution is -0.113. The summed E-state index contributed by atoms with van der Waals surface area (Å²) < 4.78 is 0. The molecule has 1 aromatic carbocycles. The van der Waals surface area contributed by atoms with Crippen LogP contribution in [0.5, 0.6) is 0 Å². The van der Waals surface area contributed by atoms with Crippen molar-refractivity contribution in [3.8, 4) is 0 Å². The largest absolute Gasteiger partial charge is 0.393 e. The minimum Gasteiger partial charge on any atom is -0.393 e. The molecule has 0 fully saturated rings. The van der Waals surface area contributed by atoms with E-state index in [0.29, 0.717) is 21.5 Å². The van der Waals surface area contributed by atoms with Crippen LogP contribution in [-0.4, -0.2) is 22.4 Å². The number of carbonyl (C=O) groups is 1. The molecule has 0 saturated heterocycles. The maximum Gasteiger partial charge on any atom is 0.234 e. The van der Waals surface area contributed by atoms with Crippen molar-refractivity contribution in [3.05, 3.63) is 28.8 Å². The van der Waals surface area contributed by atoms with Crippen molar-refractivity contribution in [2.45, 2.75) is 6.92 Å². The van der Waals surface area contributed by atoms with E-state index >= 15 is 0 Å². The van der Waals surface area contributed by atoms with Crippen LogP contribution in [0.4, 0.5) is 5.69 Å². The van der Waals surface area contributed by atoms with Gasteiger partial charge in [0.15, 0.2) is 0 Å². The maximum atomic E-state index is 11.6. The van der Waals surface area contributed by atoms with Crippen LogP contribution in [0.25, 0.3) is 0 Å². The lowest BCUT2D eigenvalue weighted by Gasteiger charge is -2.08. The van der Waals surface area contributed by atoms with Crippen LogP contribution in [0.15, 0.2) is 18.2 Å². The van der Waals surface area contributed by atoms with Crippen molar-refractivity contribution in [1.82, 2.24) is 0 Å². The van der Waals surface area contributed by atoms with E-state index < -0.39 is 0 Å². The second kappa shape index (κ2) is 6.83. The van der Waals surface area contributed by atoms with E-state index in [0.717, 1.165) is 11.3 Å². The molecule has 0 unspecified atom stereocenters. The third-order valence-electron chi connectivity index (χ3n) is 1.95. The Morgan fingerprint density at radius 3 is 2.88 bits per heavy atom. The maximum absolute atomic E-state index is 11.6. The van der Waals surface area contributed by atoms with E-state index in [4.69, 9.17) is 29.6 Å². The molecule has 3 N–H and O–H groups in total. The minimum absolute atomic E-state index is 0.0865. The summed E-state index contributed by atoms with van der Waals surface area (Å²) in [6, 6.07) is 5.38. The third kappa shape index (κ3) is 5.39. The molecule has 0 saturated carbocycles. The standard InChI is InChI=1S/C11H13ClN2OS2/c1-7-2-3-8(12)4-9(7)14-11(15)6-17-5-10(13)16/h2-4H,5-6H2,1H3,(H2,13,16)(H,14,15). The molecule has 0 aliphatic rings. The van der Waals surface area contributed by atoms with Crippen molar-refractivity contribution in [2.75, 3.05) is 16.8 Å². The summed E-state index contributed by atoms with van der Waals surface area (Å²) in [6.07, 6.45) is 0. The number of hydrogen-bond donors (Lipinski definition) is 2. The zero-order valence-electron chi connectivity index (χ0n) is 9.33. The Kier molecular flexibility index (Phi) is 5.74. The number of rotatable bonds is 5. The molecule has 0 radical (unpaired) electrons. The summed E-state index contributed by atoms with van der Waals surface area (Å²) in [6.45, 7) is 1.91. The smallest absolute Gasteiger partial charge is 0.234 e. The van der Waals surface area contributed by atoms with Crippen LogP contribution in [0.1, 0.15) is 5.56 Å². The quantitative estimate of drug-likeness (QED) is 0.818. The fourth-order valence-corrected chi connectivity index (χ4v) is 2.14. The molecule has 0 aliphatic heterocycles. The lowest BCUT2D eigenvalue weighted by atomic mass is 10.2. The molecule has 0 atom stereocenters. The molecular weight excluding hydrogens is 276 g/mol. The molecule has 0 aliphatic carbocycles. The van der Waals surface area contributed by atoms with Gasteiger partial charge in [-0.25, -0.2) is 0 Å². The average molecular weight is 289 g/mol. The summed E-state index contributed by atoms with van der Waals surface area (Å²) in [4.78, 5) is 12.0. The van der Waals surface area contributed by atoms with E-state index in [-0.39, 0.29) is 5.91 Å². The monoisotopic (exact) mass is 288 g/mol. The SMILES string of the molecule is Cc1ccc(Cl)cc1NC(=O)CSCC(N)=S. The van der Waals surface area contributed by atoms with Crippen LogP contribution < -0.4 is 11.1 Å². The number of benzene rings is 1. The molecule has 1 rings (SSSR count). The normalized spacial score (nSPS) is 10.0. The number of thioether (sulfide) groups is 1. The molecular formula is C11H13ClN2OS2. The van der Waals surface area contributed by atoms with Crippen LogP contribution >= 0.6 is 35.6 Å². The Labute approximate surface area is 115 Å². The van der Waals surface area contributed by atoms with E-state index in [2.05, 4.69) is 5.32 Å². The first kappa shape index (κ1) is 14.3. The summed E-state index contributed by atoms with van der Waals surface area (Å²) in [7, 11) is 0. The van der Waals surface area contributed by atoms with E-state index in [1.54, 1.807) is 12.1 Å². The number of hydrogen-bond acceptors (Lipinski definition) is 3. The van der Waals surface area contributed by atoms with Gasteiger partial charge in [0, 0.05) is 16.5 Å². The van der Waals surface area contributed by atoms with Crippen molar-refractivity contribution < 1.29 is 4.79 Å². The topological polar surface area (TPSA) is 55.1 Å². The van der Waals surface area contributed by atoms with Gasteiger partial charge in [-0.15, -0.1) is 11.8 Å². The fourth-order valence-electron chi connectivity index (χ4n) is 1.16. The molecule has 0 bridgehead atoms. The van der Waals surface area contributed by atoms with Gasteiger partial charge in [-0.1, -0.05) is 29.9 Å². The molecule has 0 heterocycles. The Morgan fingerprint density at radius 2 is 2.24 bits per heavy atom. The van der Waals surface area contributed by atoms with Crippen molar-refractivity contribution in [2.24, 2.45) is 5.73 Å². The van der Waals surface area contributed by atoms with Gasteiger partial charge in [-0.05, 0) is 24.6 Å². The first-order chi connectivity index (χ1) is 7.99. The van der Waals surface area contributed by atoms with Crippen molar-refractivity contribution in [3.63, 3.8) is 0 Å². The Balaban J connectivity index is 2.50. The highest BCUT2D eigenvalue weighted by Crippen LogP contribution is 2.20. The molecule has 6 heteroatoms. The van der Waals surface area contributed by atoms with Crippen LogP contribution in [0.2, 0.25) is 5.02 Å². The number of amides is 1. The lowest BCUT2D eigenvalue weighted by Crippen LogP contribution is -2.17. The number of thiocarbonyl (C=S) groups is 1. The molecule has 3 nitrogen and oxygen atoms in total. The number of nitrogens with one attached hydrogen (secondary N) is 1. The third-order valence-corrected chi connectivity index (χ3v) is 3.49. The van der Waals surface area contributed by atoms with Crippen molar-refractivity contribution in [1.29, 1.82) is 0 Å². The summed E-state index contributed by atoms with van der Waals surface area (Å²) in [5, 5.41) is 3.40. The highest BCUT2D eigenvalue weighted by atomic mass is 35.5. The molecule has 17 heavy (non-hydrogen) atoms. The fraction of sp³-hybridized carbons (Fsp3) is 0.273. The Hall–Kier alpha value is -0.780. The molecule has 0 aromatic heterocycles. The van der Waals surface area contributed by atoms with Crippen LogP contribution in [0, 0.1) is 6.92 Å². The highest BCUT2D eigenvalue weighted by molar-refractivity contribution is 8.01. The van der Waals surface area contributed by atoms with Gasteiger partial charge in [0.05, 0.1) is 10.7 Å². The number of nitrogens with two attached hydrogens (primary N) is 1. The Bertz CT molecular complexity index is 437. The zero-order chi connectivity index (χ0) is 12.8. The summed E-state index contributed by atoms with van der Waals surface area (Å²) in [5.41, 5.74) is 7.05. The first-order valence-electron chi connectivity index (χ1n) is 4.91. The molecule has 1 amide bonds. The Morgan fingerprint density at radius 1 is 1.53 bits per heavy atom. The highest BCUT2D eigenvalue weighted by Gasteiger charge is 2.05. The van der Waals surface area contributed by atoms with Crippen molar-refractivity contribution >= 4 is 52.2 Å². The van der Waals surface area contributed by atoms with Gasteiger partial charge >= 0.3 is 0 Å². The predicted octanol–water partition coefficient (Wildman–Crippen LogP) is 2.61. The van der Waals surface area contributed by atoms with Gasteiger partial charge in [-0.2, -0.15) is 0 Å². The summed E-state index contributed by atoms with van der Waals surface area (Å²) >= 11 is 12.0. The molecule has 92 valence electrons. The number of halogens is 1. The van der Waals surface area contributed by atoms with Gasteiger partial charge in [0.2, 0.25) is 5.91 Å². The van der Waals surface area contributed by atoms with Gasteiger partial charge in [0.1, 0.15) is 0 Å². The molecule has 1 aromatic rings. The second-order valence-corrected chi connectivity index (χ2v) is 5.41. The van der Waals surface area contributed by atoms with E-state index in [1.807, 2.05) is 13.0 Å². The number of aryl methyl sites for hydroxylation is 1. The van der Waals surface area contributed by atoms with Gasteiger partial charge in [0.25, 0.3) is 0 Å². The van der Waals surface area contributed by atoms with E-state index in [9.17, 15) is 4.79 Å². The second-order valence-electron chi connectivity index (χ2n) is 3.47. The first-order valence-corrected chi connectivity index (χ1v) is 6.85. The predicted molar refractivity (Wildman–Crippen MR) is 78.9 cm³/mol. The summed E-state index contributed by atoms with van der Waals surface area (Å²) in [5.74, 6) is 0.747. The molecule has 0 spiro atoms. The van der Waals surface area contributed by atoms with Gasteiger partial charge < -0.3 is 11.1 Å². The van der Waals surface area contributed by atoms with Crippen LogP contribution in [0.3, 0.4) is 0 Å². The van der Waals surface area contributed by atoms with Gasteiger partial charge in [-0.3, -0.25) is 4.79 Å². The average Bonchev–Trinajstić information content (AvgIpc) is 2.23.